The first kappa shape index (κ1) is 13.4. The van der Waals surface area contributed by atoms with Crippen LogP contribution in [0.25, 0.3) is 11.1 Å². The third-order valence-electron chi connectivity index (χ3n) is 4.26. The monoisotopic (exact) mass is 269 g/mol. The zero-order valence-electron chi connectivity index (χ0n) is 12.1. The summed E-state index contributed by atoms with van der Waals surface area (Å²) in [5, 5.41) is 8.12. The van der Waals surface area contributed by atoms with Crippen LogP contribution in [0.3, 0.4) is 0 Å². The van der Waals surface area contributed by atoms with Crippen molar-refractivity contribution in [3.05, 3.63) is 42.7 Å². The first-order valence-electron chi connectivity index (χ1n) is 7.68. The lowest BCUT2D eigenvalue weighted by molar-refractivity contribution is 0.163. The minimum Gasteiger partial charge on any atom is -0.316 e. The SMILES string of the molecule is CCCNCC1CCC1n1cc(-c2ccccc2)cn1. The van der Waals surface area contributed by atoms with Gasteiger partial charge in [-0.15, -0.1) is 0 Å². The molecule has 3 heteroatoms. The summed E-state index contributed by atoms with van der Waals surface area (Å²) in [5.41, 5.74) is 2.47. The highest BCUT2D eigenvalue weighted by molar-refractivity contribution is 5.61. The molecule has 0 spiro atoms. The lowest BCUT2D eigenvalue weighted by Crippen LogP contribution is -2.37. The van der Waals surface area contributed by atoms with Crippen LogP contribution in [0.4, 0.5) is 0 Å². The molecule has 3 nitrogen and oxygen atoms in total. The van der Waals surface area contributed by atoms with Crippen molar-refractivity contribution >= 4 is 0 Å². The average Bonchev–Trinajstić information content (AvgIpc) is 2.92. The number of hydrogen-bond acceptors (Lipinski definition) is 2. The lowest BCUT2D eigenvalue weighted by atomic mass is 9.79. The number of nitrogens with zero attached hydrogens (tertiary/aromatic N) is 2. The minimum absolute atomic E-state index is 0.580. The van der Waals surface area contributed by atoms with Crippen LogP contribution in [0.5, 0.6) is 0 Å². The molecule has 1 aliphatic rings. The molecular formula is C17H23N3. The Labute approximate surface area is 121 Å². The molecule has 3 rings (SSSR count). The van der Waals surface area contributed by atoms with E-state index >= 15 is 0 Å². The molecular weight excluding hydrogens is 246 g/mol. The normalized spacial score (nSPS) is 21.6. The van der Waals surface area contributed by atoms with Crippen molar-refractivity contribution in [3.63, 3.8) is 0 Å². The summed E-state index contributed by atoms with van der Waals surface area (Å²) in [6, 6.07) is 11.1. The van der Waals surface area contributed by atoms with Crippen molar-refractivity contribution in [2.45, 2.75) is 32.2 Å². The van der Waals surface area contributed by atoms with Crippen molar-refractivity contribution in [2.75, 3.05) is 13.1 Å². The van der Waals surface area contributed by atoms with Crippen LogP contribution in [0.2, 0.25) is 0 Å². The second kappa shape index (κ2) is 6.23. The molecule has 0 bridgehead atoms. The van der Waals surface area contributed by atoms with Gasteiger partial charge < -0.3 is 5.32 Å². The first-order chi connectivity index (χ1) is 9.88. The smallest absolute Gasteiger partial charge is 0.0568 e. The summed E-state index contributed by atoms with van der Waals surface area (Å²) < 4.78 is 2.17. The predicted molar refractivity (Wildman–Crippen MR) is 82.6 cm³/mol. The van der Waals surface area contributed by atoms with E-state index in [0.717, 1.165) is 19.0 Å². The van der Waals surface area contributed by atoms with E-state index in [1.165, 1.54) is 30.4 Å². The number of rotatable bonds is 6. The van der Waals surface area contributed by atoms with Gasteiger partial charge in [0.15, 0.2) is 0 Å². The molecule has 1 saturated carbocycles. The molecule has 20 heavy (non-hydrogen) atoms. The Morgan fingerprint density at radius 3 is 2.75 bits per heavy atom. The van der Waals surface area contributed by atoms with E-state index in [4.69, 9.17) is 0 Å². The average molecular weight is 269 g/mol. The van der Waals surface area contributed by atoms with E-state index in [2.05, 4.69) is 58.5 Å². The molecule has 1 aromatic heterocycles. The summed E-state index contributed by atoms with van der Waals surface area (Å²) in [4.78, 5) is 0. The molecule has 1 heterocycles. The van der Waals surface area contributed by atoms with Gasteiger partial charge in [-0.1, -0.05) is 37.3 Å². The van der Waals surface area contributed by atoms with Gasteiger partial charge in [0.1, 0.15) is 0 Å². The number of hydrogen-bond donors (Lipinski definition) is 1. The van der Waals surface area contributed by atoms with Gasteiger partial charge in [-0.3, -0.25) is 4.68 Å². The second-order valence-corrected chi connectivity index (χ2v) is 5.68. The summed E-state index contributed by atoms with van der Waals surface area (Å²) in [6.07, 6.45) is 7.98. The van der Waals surface area contributed by atoms with Gasteiger partial charge in [-0.05, 0) is 43.8 Å². The zero-order chi connectivity index (χ0) is 13.8. The third kappa shape index (κ3) is 2.78. The van der Waals surface area contributed by atoms with Crippen LogP contribution < -0.4 is 5.32 Å². The molecule has 2 unspecified atom stereocenters. The summed E-state index contributed by atoms with van der Waals surface area (Å²) in [7, 11) is 0. The fourth-order valence-corrected chi connectivity index (χ4v) is 2.90. The Bertz CT molecular complexity index is 532. The van der Waals surface area contributed by atoms with E-state index in [1.807, 2.05) is 6.20 Å². The van der Waals surface area contributed by atoms with Crippen molar-refractivity contribution < 1.29 is 0 Å². The van der Waals surface area contributed by atoms with Crippen molar-refractivity contribution in [2.24, 2.45) is 5.92 Å². The molecule has 1 fully saturated rings. The summed E-state index contributed by atoms with van der Waals surface area (Å²) >= 11 is 0. The molecule has 1 aliphatic carbocycles. The molecule has 1 N–H and O–H groups in total. The van der Waals surface area contributed by atoms with E-state index in [9.17, 15) is 0 Å². The van der Waals surface area contributed by atoms with Crippen LogP contribution in [-0.4, -0.2) is 22.9 Å². The summed E-state index contributed by atoms with van der Waals surface area (Å²) in [5.74, 6) is 0.741. The first-order valence-corrected chi connectivity index (χ1v) is 7.68. The van der Waals surface area contributed by atoms with Gasteiger partial charge >= 0.3 is 0 Å². The van der Waals surface area contributed by atoms with E-state index in [-0.39, 0.29) is 0 Å². The maximum absolute atomic E-state index is 4.58. The molecule has 0 radical (unpaired) electrons. The second-order valence-electron chi connectivity index (χ2n) is 5.68. The van der Waals surface area contributed by atoms with E-state index in [0.29, 0.717) is 6.04 Å². The van der Waals surface area contributed by atoms with Crippen LogP contribution in [-0.2, 0) is 0 Å². The third-order valence-corrected chi connectivity index (χ3v) is 4.26. The summed E-state index contributed by atoms with van der Waals surface area (Å²) in [6.45, 7) is 4.46. The van der Waals surface area contributed by atoms with Crippen molar-refractivity contribution in [1.82, 2.24) is 15.1 Å². The van der Waals surface area contributed by atoms with Gasteiger partial charge in [-0.25, -0.2) is 0 Å². The maximum atomic E-state index is 4.58. The molecule has 0 saturated heterocycles. The molecule has 0 aliphatic heterocycles. The van der Waals surface area contributed by atoms with Crippen molar-refractivity contribution in [1.29, 1.82) is 0 Å². The van der Waals surface area contributed by atoms with E-state index in [1.54, 1.807) is 0 Å². The van der Waals surface area contributed by atoms with Crippen LogP contribution >= 0.6 is 0 Å². The highest BCUT2D eigenvalue weighted by Crippen LogP contribution is 2.38. The van der Waals surface area contributed by atoms with Gasteiger partial charge in [-0.2, -0.15) is 5.10 Å². The van der Waals surface area contributed by atoms with Crippen LogP contribution in [0.1, 0.15) is 32.2 Å². The fourth-order valence-electron chi connectivity index (χ4n) is 2.90. The Hall–Kier alpha value is -1.61. The Morgan fingerprint density at radius 2 is 2.05 bits per heavy atom. The highest BCUT2D eigenvalue weighted by Gasteiger charge is 2.32. The van der Waals surface area contributed by atoms with Gasteiger partial charge in [0, 0.05) is 11.8 Å². The van der Waals surface area contributed by atoms with Gasteiger partial charge in [0.25, 0.3) is 0 Å². The standard InChI is InChI=1S/C17H23N3/c1-2-10-18-11-15-8-9-17(15)20-13-16(12-19-20)14-6-4-3-5-7-14/h3-7,12-13,15,17-18H,2,8-11H2,1H3. The molecule has 106 valence electrons. The molecule has 1 aromatic carbocycles. The minimum atomic E-state index is 0.580. The quantitative estimate of drug-likeness (QED) is 0.813. The number of aromatic nitrogens is 2. The van der Waals surface area contributed by atoms with Crippen LogP contribution in [0.15, 0.2) is 42.7 Å². The lowest BCUT2D eigenvalue weighted by Gasteiger charge is -2.37. The van der Waals surface area contributed by atoms with E-state index < -0.39 is 0 Å². The largest absolute Gasteiger partial charge is 0.316 e. The number of nitrogens with one attached hydrogen (secondary N) is 1. The Balaban J connectivity index is 1.65. The maximum Gasteiger partial charge on any atom is 0.0568 e. The van der Waals surface area contributed by atoms with Crippen molar-refractivity contribution in [3.8, 4) is 11.1 Å². The molecule has 2 atom stereocenters. The molecule has 2 aromatic rings. The van der Waals surface area contributed by atoms with Gasteiger partial charge in [0.05, 0.1) is 12.2 Å². The zero-order valence-corrected chi connectivity index (χ0v) is 12.1. The highest BCUT2D eigenvalue weighted by atomic mass is 15.3. The Morgan fingerprint density at radius 1 is 1.20 bits per heavy atom. The van der Waals surface area contributed by atoms with Crippen LogP contribution in [0, 0.1) is 5.92 Å². The molecule has 0 amide bonds. The Kier molecular flexibility index (Phi) is 4.16. The topological polar surface area (TPSA) is 29.9 Å². The fraction of sp³-hybridized carbons (Fsp3) is 0.471. The predicted octanol–water partition coefficient (Wildman–Crippen LogP) is 3.50. The number of benzene rings is 1. The van der Waals surface area contributed by atoms with Gasteiger partial charge in [0.2, 0.25) is 0 Å².